The number of nitrogens with zero attached hydrogens (tertiary/aromatic N) is 3. The Morgan fingerprint density at radius 3 is 2.62 bits per heavy atom. The Morgan fingerprint density at radius 2 is 1.90 bits per heavy atom. The summed E-state index contributed by atoms with van der Waals surface area (Å²) < 4.78 is 1.98. The van der Waals surface area contributed by atoms with Crippen molar-refractivity contribution >= 4 is 23.4 Å². The molecule has 0 aliphatic heterocycles. The third-order valence-corrected chi connectivity index (χ3v) is 5.74. The summed E-state index contributed by atoms with van der Waals surface area (Å²) in [6.45, 7) is 8.73. The van der Waals surface area contributed by atoms with E-state index in [9.17, 15) is 4.79 Å². The lowest BCUT2D eigenvalue weighted by molar-refractivity contribution is -0.113. The summed E-state index contributed by atoms with van der Waals surface area (Å²) >= 11 is 1.38. The molecule has 0 aliphatic carbocycles. The van der Waals surface area contributed by atoms with Gasteiger partial charge in [-0.05, 0) is 24.0 Å². The smallest absolute Gasteiger partial charge is 0.234 e. The van der Waals surface area contributed by atoms with Crippen LogP contribution in [0.4, 0.5) is 5.69 Å². The van der Waals surface area contributed by atoms with E-state index >= 15 is 0 Å². The molecule has 150 valence electrons. The molecule has 1 amide bonds. The van der Waals surface area contributed by atoms with Gasteiger partial charge >= 0.3 is 0 Å². The van der Waals surface area contributed by atoms with Crippen molar-refractivity contribution in [2.45, 2.75) is 37.9 Å². The number of hydrogen-bond acceptors (Lipinski definition) is 4. The van der Waals surface area contributed by atoms with Crippen LogP contribution in [0.2, 0.25) is 0 Å². The van der Waals surface area contributed by atoms with Gasteiger partial charge in [0.2, 0.25) is 5.91 Å². The molecule has 2 aromatic carbocycles. The monoisotopic (exact) mass is 406 g/mol. The second-order valence-electron chi connectivity index (χ2n) is 6.80. The van der Waals surface area contributed by atoms with Crippen molar-refractivity contribution in [3.63, 3.8) is 0 Å². The Hall–Kier alpha value is -2.86. The van der Waals surface area contributed by atoms with Gasteiger partial charge in [0.1, 0.15) is 0 Å². The highest BCUT2D eigenvalue weighted by Gasteiger charge is 2.16. The van der Waals surface area contributed by atoms with Gasteiger partial charge in [-0.2, -0.15) is 0 Å². The highest BCUT2D eigenvalue weighted by molar-refractivity contribution is 7.99. The Kier molecular flexibility index (Phi) is 7.25. The van der Waals surface area contributed by atoms with Crippen LogP contribution in [0, 0.1) is 0 Å². The molecule has 29 heavy (non-hydrogen) atoms. The van der Waals surface area contributed by atoms with E-state index in [-0.39, 0.29) is 11.7 Å². The van der Waals surface area contributed by atoms with Gasteiger partial charge < -0.3 is 5.32 Å². The van der Waals surface area contributed by atoms with Crippen molar-refractivity contribution in [2.24, 2.45) is 0 Å². The molecular weight excluding hydrogens is 380 g/mol. The number of benzene rings is 2. The van der Waals surface area contributed by atoms with Crippen LogP contribution in [0.1, 0.15) is 31.7 Å². The van der Waals surface area contributed by atoms with Gasteiger partial charge in [0, 0.05) is 17.8 Å². The number of hydrogen-bond donors (Lipinski definition) is 1. The topological polar surface area (TPSA) is 59.8 Å². The minimum atomic E-state index is -0.0554. The first-order valence-electron chi connectivity index (χ1n) is 9.75. The minimum absolute atomic E-state index is 0.0554. The molecule has 0 unspecified atom stereocenters. The van der Waals surface area contributed by atoms with Gasteiger partial charge in [-0.3, -0.25) is 9.36 Å². The number of rotatable bonds is 9. The third-order valence-electron chi connectivity index (χ3n) is 4.77. The molecule has 3 rings (SSSR count). The Bertz CT molecular complexity index is 968. The number of carbonyl (C=O) groups is 1. The quantitative estimate of drug-likeness (QED) is 0.383. The zero-order chi connectivity index (χ0) is 20.6. The van der Waals surface area contributed by atoms with Crippen molar-refractivity contribution < 1.29 is 4.79 Å². The van der Waals surface area contributed by atoms with Crippen molar-refractivity contribution in [3.05, 3.63) is 72.8 Å². The minimum Gasteiger partial charge on any atom is -0.325 e. The van der Waals surface area contributed by atoms with Gasteiger partial charge in [0.25, 0.3) is 0 Å². The predicted molar refractivity (Wildman–Crippen MR) is 120 cm³/mol. The summed E-state index contributed by atoms with van der Waals surface area (Å²) in [7, 11) is 0. The lowest BCUT2D eigenvalue weighted by Crippen LogP contribution is -2.16. The van der Waals surface area contributed by atoms with E-state index in [1.807, 2.05) is 59.2 Å². The van der Waals surface area contributed by atoms with Crippen LogP contribution in [0.3, 0.4) is 0 Å². The summed E-state index contributed by atoms with van der Waals surface area (Å²) in [6.07, 6.45) is 2.83. The predicted octanol–water partition coefficient (Wildman–Crippen LogP) is 5.38. The maximum Gasteiger partial charge on any atom is 0.234 e. The van der Waals surface area contributed by atoms with Crippen molar-refractivity contribution in [1.29, 1.82) is 0 Å². The maximum atomic E-state index is 12.6. The van der Waals surface area contributed by atoms with E-state index in [1.165, 1.54) is 11.8 Å². The highest BCUT2D eigenvalue weighted by atomic mass is 32.2. The number of aromatic nitrogens is 3. The largest absolute Gasteiger partial charge is 0.325 e. The fourth-order valence-corrected chi connectivity index (χ4v) is 3.81. The summed E-state index contributed by atoms with van der Waals surface area (Å²) in [6, 6.07) is 17.9. The number of para-hydroxylation sites is 1. The summed E-state index contributed by atoms with van der Waals surface area (Å²) in [5, 5.41) is 12.4. The van der Waals surface area contributed by atoms with E-state index in [1.54, 1.807) is 0 Å². The Balaban J connectivity index is 1.71. The first-order chi connectivity index (χ1) is 14.1. The molecule has 5 nitrogen and oxygen atoms in total. The fraction of sp³-hybridized carbons (Fsp3) is 0.261. The molecule has 1 N–H and O–H groups in total. The van der Waals surface area contributed by atoms with E-state index in [0.717, 1.165) is 29.1 Å². The standard InChI is InChI=1S/C23H26N4OS/c1-4-15-27-22(18-11-7-6-8-12-18)25-26-23(27)29-16-21(28)24-20-14-10-9-13-19(20)17(3)5-2/h4,6-14,17H,1,5,15-16H2,2-3H3,(H,24,28)/t17-/m1/s1. The molecule has 0 radical (unpaired) electrons. The van der Waals surface area contributed by atoms with Crippen LogP contribution >= 0.6 is 11.8 Å². The van der Waals surface area contributed by atoms with Crippen LogP contribution in [0.5, 0.6) is 0 Å². The van der Waals surface area contributed by atoms with Gasteiger partial charge in [0.15, 0.2) is 11.0 Å². The lowest BCUT2D eigenvalue weighted by atomic mass is 9.97. The van der Waals surface area contributed by atoms with Crippen LogP contribution in [-0.2, 0) is 11.3 Å². The molecule has 1 atom stereocenters. The summed E-state index contributed by atoms with van der Waals surface area (Å²) in [4.78, 5) is 12.6. The average Bonchev–Trinajstić information content (AvgIpc) is 3.15. The first-order valence-corrected chi connectivity index (χ1v) is 10.7. The molecule has 0 saturated heterocycles. The van der Waals surface area contributed by atoms with Crippen LogP contribution in [0.15, 0.2) is 72.4 Å². The van der Waals surface area contributed by atoms with Crippen LogP contribution < -0.4 is 5.32 Å². The molecule has 1 aromatic heterocycles. The number of carbonyl (C=O) groups excluding carboxylic acids is 1. The second-order valence-corrected chi connectivity index (χ2v) is 7.75. The van der Waals surface area contributed by atoms with Crippen molar-refractivity contribution in [1.82, 2.24) is 14.8 Å². The zero-order valence-electron chi connectivity index (χ0n) is 16.8. The number of anilines is 1. The normalized spacial score (nSPS) is 11.8. The fourth-order valence-electron chi connectivity index (χ4n) is 3.07. The number of amides is 1. The highest BCUT2D eigenvalue weighted by Crippen LogP contribution is 2.27. The third kappa shape index (κ3) is 5.15. The van der Waals surface area contributed by atoms with Gasteiger partial charge in [-0.15, -0.1) is 16.8 Å². The lowest BCUT2D eigenvalue weighted by Gasteiger charge is -2.15. The summed E-state index contributed by atoms with van der Waals surface area (Å²) in [5.74, 6) is 1.37. The van der Waals surface area contributed by atoms with Crippen LogP contribution in [-0.4, -0.2) is 26.4 Å². The molecule has 0 aliphatic rings. The zero-order valence-corrected chi connectivity index (χ0v) is 17.7. The summed E-state index contributed by atoms with van der Waals surface area (Å²) in [5.41, 5.74) is 3.03. The second kappa shape index (κ2) is 10.1. The molecule has 0 spiro atoms. The Labute approximate surface area is 176 Å². The van der Waals surface area contributed by atoms with E-state index in [4.69, 9.17) is 0 Å². The van der Waals surface area contributed by atoms with E-state index in [0.29, 0.717) is 17.6 Å². The van der Waals surface area contributed by atoms with Crippen LogP contribution in [0.25, 0.3) is 11.4 Å². The molecule has 0 saturated carbocycles. The molecule has 6 heteroatoms. The average molecular weight is 407 g/mol. The maximum absolute atomic E-state index is 12.6. The van der Waals surface area contributed by atoms with Gasteiger partial charge in [-0.25, -0.2) is 0 Å². The Morgan fingerprint density at radius 1 is 1.17 bits per heavy atom. The van der Waals surface area contributed by atoms with Crippen molar-refractivity contribution in [2.75, 3.05) is 11.1 Å². The number of allylic oxidation sites excluding steroid dienone is 1. The number of thioether (sulfide) groups is 1. The number of nitrogens with one attached hydrogen (secondary N) is 1. The molecule has 0 fully saturated rings. The molecular formula is C23H26N4OS. The van der Waals surface area contributed by atoms with Crippen molar-refractivity contribution in [3.8, 4) is 11.4 Å². The van der Waals surface area contributed by atoms with E-state index < -0.39 is 0 Å². The van der Waals surface area contributed by atoms with Gasteiger partial charge in [-0.1, -0.05) is 80.2 Å². The molecule has 0 bridgehead atoms. The first kappa shape index (κ1) is 20.9. The molecule has 3 aromatic rings. The SMILES string of the molecule is C=CCn1c(SCC(=O)Nc2ccccc2[C@H](C)CC)nnc1-c1ccccc1. The molecule has 1 heterocycles. The van der Waals surface area contributed by atoms with E-state index in [2.05, 4.69) is 42.0 Å². The van der Waals surface area contributed by atoms with Gasteiger partial charge in [0.05, 0.1) is 5.75 Å².